The molecule has 7 heteroatoms. The Morgan fingerprint density at radius 1 is 1.27 bits per heavy atom. The Bertz CT molecular complexity index is 755. The fraction of sp³-hybridized carbons (Fsp3) is 0.263. The van der Waals surface area contributed by atoms with Gasteiger partial charge in [-0.2, -0.15) is 5.10 Å². The van der Waals surface area contributed by atoms with Gasteiger partial charge in [-0.3, -0.25) is 5.43 Å². The summed E-state index contributed by atoms with van der Waals surface area (Å²) >= 11 is 11.3. The molecule has 2 rings (SSSR count). The highest BCUT2D eigenvalue weighted by atomic mass is 35.5. The number of ether oxygens (including phenoxy) is 2. The summed E-state index contributed by atoms with van der Waals surface area (Å²) in [5.41, 5.74) is 4.61. The zero-order chi connectivity index (χ0) is 18.8. The first kappa shape index (κ1) is 20.2. The highest BCUT2D eigenvalue weighted by Crippen LogP contribution is 2.19. The number of methoxy groups -OCH3 is 1. The Kier molecular flexibility index (Phi) is 8.34. The second-order valence-corrected chi connectivity index (χ2v) is 6.47. The maximum atomic E-state index is 6.14. The molecule has 0 aromatic heterocycles. The Morgan fingerprint density at radius 3 is 2.85 bits per heavy atom. The van der Waals surface area contributed by atoms with E-state index in [1.54, 1.807) is 13.3 Å². The van der Waals surface area contributed by atoms with Crippen LogP contribution in [0.15, 0.2) is 53.6 Å². The van der Waals surface area contributed by atoms with Gasteiger partial charge < -0.3 is 14.8 Å². The van der Waals surface area contributed by atoms with Crippen molar-refractivity contribution in [1.82, 2.24) is 10.7 Å². The van der Waals surface area contributed by atoms with E-state index in [9.17, 15) is 0 Å². The van der Waals surface area contributed by atoms with Crippen molar-refractivity contribution in [3.8, 4) is 5.75 Å². The lowest BCUT2D eigenvalue weighted by molar-refractivity contribution is 0.179. The summed E-state index contributed by atoms with van der Waals surface area (Å²) in [6.07, 6.45) is 1.68. The topological polar surface area (TPSA) is 54.9 Å². The minimum Gasteiger partial charge on any atom is -0.489 e. The van der Waals surface area contributed by atoms with E-state index in [1.807, 2.05) is 55.5 Å². The highest BCUT2D eigenvalue weighted by Gasteiger charge is 2.03. The standard InChI is InChI=1S/C19H22ClN3O2S/c1-14(12-24-2)22-19(26)23-21-11-15-6-5-8-17(10-15)25-13-16-7-3-4-9-18(16)20/h3-11,14H,12-13H2,1-2H3,(H2,22,23,26)/b21-11-/t14-/m1/s1. The number of halogens is 1. The number of nitrogens with zero attached hydrogens (tertiary/aromatic N) is 1. The van der Waals surface area contributed by atoms with Crippen molar-refractivity contribution >= 4 is 35.1 Å². The van der Waals surface area contributed by atoms with E-state index in [0.717, 1.165) is 16.9 Å². The van der Waals surface area contributed by atoms with Crippen LogP contribution < -0.4 is 15.5 Å². The van der Waals surface area contributed by atoms with Gasteiger partial charge in [-0.15, -0.1) is 0 Å². The smallest absolute Gasteiger partial charge is 0.187 e. The zero-order valence-electron chi connectivity index (χ0n) is 14.7. The van der Waals surface area contributed by atoms with Gasteiger partial charge in [0.25, 0.3) is 0 Å². The molecule has 0 spiro atoms. The number of benzene rings is 2. The first-order valence-corrected chi connectivity index (χ1v) is 8.92. The quantitative estimate of drug-likeness (QED) is 0.407. The zero-order valence-corrected chi connectivity index (χ0v) is 16.3. The molecule has 0 heterocycles. The monoisotopic (exact) mass is 391 g/mol. The summed E-state index contributed by atoms with van der Waals surface area (Å²) < 4.78 is 10.8. The molecular formula is C19H22ClN3O2S. The van der Waals surface area contributed by atoms with Crippen LogP contribution in [0.5, 0.6) is 5.75 Å². The van der Waals surface area contributed by atoms with Gasteiger partial charge in [-0.1, -0.05) is 41.9 Å². The number of hydrogen-bond donors (Lipinski definition) is 2. The molecule has 0 amide bonds. The Hall–Kier alpha value is -2.15. The molecule has 0 unspecified atom stereocenters. The van der Waals surface area contributed by atoms with Crippen LogP contribution in [0.4, 0.5) is 0 Å². The van der Waals surface area contributed by atoms with Gasteiger partial charge in [0.15, 0.2) is 5.11 Å². The molecule has 0 aliphatic rings. The van der Waals surface area contributed by atoms with E-state index in [2.05, 4.69) is 15.8 Å². The number of nitrogens with one attached hydrogen (secondary N) is 2. The molecule has 138 valence electrons. The Balaban J connectivity index is 1.86. The van der Waals surface area contributed by atoms with Crippen molar-refractivity contribution in [2.75, 3.05) is 13.7 Å². The minimum absolute atomic E-state index is 0.108. The summed E-state index contributed by atoms with van der Waals surface area (Å²) in [7, 11) is 1.65. The number of rotatable bonds is 8. The number of hydrazone groups is 1. The van der Waals surface area contributed by atoms with Gasteiger partial charge in [0.05, 0.1) is 12.8 Å². The summed E-state index contributed by atoms with van der Waals surface area (Å²) in [6, 6.07) is 15.3. The van der Waals surface area contributed by atoms with Gasteiger partial charge in [-0.25, -0.2) is 0 Å². The number of hydrogen-bond acceptors (Lipinski definition) is 4. The third-order valence-corrected chi connectivity index (χ3v) is 3.96. The predicted molar refractivity (Wildman–Crippen MR) is 110 cm³/mol. The van der Waals surface area contributed by atoms with Crippen LogP contribution in [-0.2, 0) is 11.3 Å². The lowest BCUT2D eigenvalue weighted by Gasteiger charge is -2.13. The third kappa shape index (κ3) is 7.00. The van der Waals surface area contributed by atoms with E-state index in [0.29, 0.717) is 23.3 Å². The van der Waals surface area contributed by atoms with Crippen LogP contribution in [0, 0.1) is 0 Å². The van der Waals surface area contributed by atoms with E-state index < -0.39 is 0 Å². The van der Waals surface area contributed by atoms with Gasteiger partial charge in [-0.05, 0) is 42.9 Å². The van der Waals surface area contributed by atoms with Crippen LogP contribution in [0.1, 0.15) is 18.1 Å². The maximum Gasteiger partial charge on any atom is 0.187 e. The summed E-state index contributed by atoms with van der Waals surface area (Å²) in [4.78, 5) is 0. The van der Waals surface area contributed by atoms with Gasteiger partial charge in [0.1, 0.15) is 12.4 Å². The van der Waals surface area contributed by atoms with Crippen molar-refractivity contribution < 1.29 is 9.47 Å². The normalized spacial score (nSPS) is 12.0. The van der Waals surface area contributed by atoms with Crippen LogP contribution in [0.25, 0.3) is 0 Å². The van der Waals surface area contributed by atoms with Crippen molar-refractivity contribution in [3.63, 3.8) is 0 Å². The molecule has 0 fully saturated rings. The average molecular weight is 392 g/mol. The molecule has 5 nitrogen and oxygen atoms in total. The second kappa shape index (κ2) is 10.8. The van der Waals surface area contributed by atoms with Crippen molar-refractivity contribution in [3.05, 3.63) is 64.7 Å². The van der Waals surface area contributed by atoms with E-state index in [4.69, 9.17) is 33.3 Å². The second-order valence-electron chi connectivity index (χ2n) is 5.65. The molecule has 1 atom stereocenters. The molecule has 0 saturated carbocycles. The Morgan fingerprint density at radius 2 is 2.08 bits per heavy atom. The molecule has 0 aliphatic carbocycles. The molecule has 26 heavy (non-hydrogen) atoms. The molecule has 0 radical (unpaired) electrons. The van der Waals surface area contributed by atoms with E-state index in [1.165, 1.54) is 0 Å². The summed E-state index contributed by atoms with van der Waals surface area (Å²) in [6.45, 7) is 2.95. The fourth-order valence-electron chi connectivity index (χ4n) is 2.17. The van der Waals surface area contributed by atoms with Gasteiger partial charge in [0.2, 0.25) is 0 Å². The van der Waals surface area contributed by atoms with Gasteiger partial charge in [0, 0.05) is 23.7 Å². The molecular weight excluding hydrogens is 370 g/mol. The summed E-state index contributed by atoms with van der Waals surface area (Å²) in [5, 5.41) is 8.33. The lowest BCUT2D eigenvalue weighted by Crippen LogP contribution is -2.40. The van der Waals surface area contributed by atoms with Crippen molar-refractivity contribution in [2.45, 2.75) is 19.6 Å². The largest absolute Gasteiger partial charge is 0.489 e. The molecule has 0 bridgehead atoms. The highest BCUT2D eigenvalue weighted by molar-refractivity contribution is 7.80. The predicted octanol–water partition coefficient (Wildman–Crippen LogP) is 3.75. The van der Waals surface area contributed by atoms with Crippen LogP contribution in [0.2, 0.25) is 5.02 Å². The van der Waals surface area contributed by atoms with Crippen LogP contribution >= 0.6 is 23.8 Å². The van der Waals surface area contributed by atoms with Gasteiger partial charge >= 0.3 is 0 Å². The SMILES string of the molecule is COC[C@@H](C)NC(=S)N/N=C\c1cccc(OCc2ccccc2Cl)c1. The number of thiocarbonyl (C=S) groups is 1. The summed E-state index contributed by atoms with van der Waals surface area (Å²) in [5.74, 6) is 0.739. The molecule has 0 aliphatic heterocycles. The van der Waals surface area contributed by atoms with E-state index in [-0.39, 0.29) is 6.04 Å². The fourth-order valence-corrected chi connectivity index (χ4v) is 2.62. The molecule has 2 aromatic carbocycles. The lowest BCUT2D eigenvalue weighted by atomic mass is 10.2. The minimum atomic E-state index is 0.108. The first-order chi connectivity index (χ1) is 12.6. The van der Waals surface area contributed by atoms with E-state index >= 15 is 0 Å². The van der Waals surface area contributed by atoms with Crippen molar-refractivity contribution in [1.29, 1.82) is 0 Å². The van der Waals surface area contributed by atoms with Crippen LogP contribution in [0.3, 0.4) is 0 Å². The molecule has 0 saturated heterocycles. The maximum absolute atomic E-state index is 6.14. The molecule has 2 aromatic rings. The van der Waals surface area contributed by atoms with Crippen LogP contribution in [-0.4, -0.2) is 31.1 Å². The Labute approximate surface area is 164 Å². The molecule has 2 N–H and O–H groups in total. The third-order valence-electron chi connectivity index (χ3n) is 3.38. The average Bonchev–Trinajstić information content (AvgIpc) is 2.61. The van der Waals surface area contributed by atoms with Crippen molar-refractivity contribution in [2.24, 2.45) is 5.10 Å². The first-order valence-electron chi connectivity index (χ1n) is 8.13.